The van der Waals surface area contributed by atoms with Gasteiger partial charge in [0.1, 0.15) is 5.76 Å². The molecular formula is C25H38O3. The SMILES string of the molecule is CC(C)C[C@@H](CC1=CCC2C[C@@H]1C2(C)C)C1=C(O)C(C)(C)C(=O)C(C)(C)C1=O. The molecule has 0 aromatic heterocycles. The number of Topliss-reactive ketones (excluding diaryl/α,β-unsaturated/α-hetero) is 2. The molecule has 1 N–H and O–H groups in total. The number of hydrogen-bond donors (Lipinski definition) is 1. The van der Waals surface area contributed by atoms with Crippen LogP contribution >= 0.6 is 0 Å². The van der Waals surface area contributed by atoms with Crippen LogP contribution in [0.2, 0.25) is 0 Å². The highest BCUT2D eigenvalue weighted by molar-refractivity contribution is 6.19. The highest BCUT2D eigenvalue weighted by Crippen LogP contribution is 2.60. The van der Waals surface area contributed by atoms with E-state index in [2.05, 4.69) is 33.8 Å². The highest BCUT2D eigenvalue weighted by atomic mass is 16.3. The second kappa shape index (κ2) is 6.57. The third kappa shape index (κ3) is 3.00. The van der Waals surface area contributed by atoms with E-state index in [0.717, 1.165) is 25.2 Å². The molecule has 0 spiro atoms. The smallest absolute Gasteiger partial charge is 0.175 e. The fraction of sp³-hybridized carbons (Fsp3) is 0.760. The van der Waals surface area contributed by atoms with Crippen LogP contribution in [-0.4, -0.2) is 16.7 Å². The Bertz CT molecular complexity index is 761. The molecule has 0 aromatic rings. The summed E-state index contributed by atoms with van der Waals surface area (Å²) in [5.74, 6) is 1.40. The molecule has 0 radical (unpaired) electrons. The normalized spacial score (nSPS) is 31.5. The van der Waals surface area contributed by atoms with Gasteiger partial charge in [0.2, 0.25) is 0 Å². The summed E-state index contributed by atoms with van der Waals surface area (Å²) in [6, 6.07) is 0. The molecule has 0 aromatic carbocycles. The Kier molecular flexibility index (Phi) is 5.00. The van der Waals surface area contributed by atoms with E-state index in [4.69, 9.17) is 0 Å². The molecule has 4 aliphatic rings. The second-order valence-electron chi connectivity index (χ2n) is 11.5. The second-order valence-corrected chi connectivity index (χ2v) is 11.5. The molecule has 3 nitrogen and oxygen atoms in total. The minimum absolute atomic E-state index is 0.00892. The van der Waals surface area contributed by atoms with Crippen molar-refractivity contribution in [1.82, 2.24) is 0 Å². The van der Waals surface area contributed by atoms with E-state index in [9.17, 15) is 14.7 Å². The predicted molar refractivity (Wildman–Crippen MR) is 113 cm³/mol. The third-order valence-corrected chi connectivity index (χ3v) is 8.02. The van der Waals surface area contributed by atoms with E-state index >= 15 is 0 Å². The van der Waals surface area contributed by atoms with E-state index in [1.165, 1.54) is 12.0 Å². The number of hydrogen-bond acceptors (Lipinski definition) is 3. The Morgan fingerprint density at radius 2 is 1.68 bits per heavy atom. The molecule has 1 fully saturated rings. The molecule has 4 aliphatic carbocycles. The molecule has 3 heteroatoms. The number of fused-ring (bicyclic) bond motifs is 1. The molecule has 28 heavy (non-hydrogen) atoms. The molecule has 3 atom stereocenters. The zero-order chi connectivity index (χ0) is 21.2. The molecule has 0 aliphatic heterocycles. The molecule has 1 unspecified atom stereocenters. The number of aliphatic hydroxyl groups excluding tert-OH is 1. The molecule has 0 amide bonds. The van der Waals surface area contributed by atoms with Crippen LogP contribution in [0.3, 0.4) is 0 Å². The van der Waals surface area contributed by atoms with Crippen molar-refractivity contribution in [3.63, 3.8) is 0 Å². The topological polar surface area (TPSA) is 54.4 Å². The first-order valence-electron chi connectivity index (χ1n) is 10.9. The number of aliphatic hydroxyl groups is 1. The average molecular weight is 387 g/mol. The first kappa shape index (κ1) is 21.3. The lowest BCUT2D eigenvalue weighted by Crippen LogP contribution is -2.50. The lowest BCUT2D eigenvalue weighted by atomic mass is 9.48. The van der Waals surface area contributed by atoms with E-state index in [0.29, 0.717) is 22.8 Å². The van der Waals surface area contributed by atoms with Crippen LogP contribution < -0.4 is 0 Å². The maximum atomic E-state index is 13.4. The lowest BCUT2D eigenvalue weighted by Gasteiger charge is -2.57. The quantitative estimate of drug-likeness (QED) is 0.462. The molecule has 0 heterocycles. The van der Waals surface area contributed by atoms with Gasteiger partial charge in [0.15, 0.2) is 11.6 Å². The maximum Gasteiger partial charge on any atom is 0.175 e. The summed E-state index contributed by atoms with van der Waals surface area (Å²) in [5, 5.41) is 11.1. The van der Waals surface area contributed by atoms with Crippen molar-refractivity contribution in [2.45, 2.75) is 81.1 Å². The zero-order valence-corrected chi connectivity index (χ0v) is 19.0. The Morgan fingerprint density at radius 1 is 1.07 bits per heavy atom. The van der Waals surface area contributed by atoms with E-state index in [1.807, 2.05) is 0 Å². The summed E-state index contributed by atoms with van der Waals surface area (Å²) < 4.78 is 0. The van der Waals surface area contributed by atoms with Crippen LogP contribution in [0, 0.1) is 39.9 Å². The van der Waals surface area contributed by atoms with E-state index < -0.39 is 10.8 Å². The number of carbonyl (C=O) groups excluding carboxylic acids is 2. The van der Waals surface area contributed by atoms with Gasteiger partial charge >= 0.3 is 0 Å². The Hall–Kier alpha value is -1.38. The average Bonchev–Trinajstić information content (AvgIpc) is 2.59. The molecule has 2 bridgehead atoms. The predicted octanol–water partition coefficient (Wildman–Crippen LogP) is 6.05. The highest BCUT2D eigenvalue weighted by Gasteiger charge is 2.55. The van der Waals surface area contributed by atoms with Gasteiger partial charge in [0.25, 0.3) is 0 Å². The number of carbonyl (C=O) groups is 2. The van der Waals surface area contributed by atoms with Crippen LogP contribution in [-0.2, 0) is 9.59 Å². The summed E-state index contributed by atoms with van der Waals surface area (Å²) in [4.78, 5) is 26.3. The lowest BCUT2D eigenvalue weighted by molar-refractivity contribution is -0.145. The van der Waals surface area contributed by atoms with Crippen LogP contribution in [0.25, 0.3) is 0 Å². The van der Waals surface area contributed by atoms with Crippen molar-refractivity contribution in [2.24, 2.45) is 39.9 Å². The molecular weight excluding hydrogens is 348 g/mol. The minimum Gasteiger partial charge on any atom is -0.511 e. The minimum atomic E-state index is -1.08. The van der Waals surface area contributed by atoms with Gasteiger partial charge in [-0.15, -0.1) is 0 Å². The number of ketones is 2. The number of allylic oxidation sites excluding steroid dienone is 4. The van der Waals surface area contributed by atoms with Crippen molar-refractivity contribution in [2.75, 3.05) is 0 Å². The van der Waals surface area contributed by atoms with Gasteiger partial charge in [-0.05, 0) is 82.5 Å². The summed E-state index contributed by atoms with van der Waals surface area (Å²) >= 11 is 0. The standard InChI is InChI=1S/C25H38O3/c1-14(2)11-16(12-15-9-10-17-13-18(15)23(17,3)4)19-20(26)24(5,6)22(28)25(7,8)21(19)27/h9,14,16-18,26H,10-13H2,1-8H3/t16-,17?,18-/m0/s1. The van der Waals surface area contributed by atoms with Gasteiger partial charge in [-0.3, -0.25) is 9.59 Å². The summed E-state index contributed by atoms with van der Waals surface area (Å²) in [5.41, 5.74) is 0.224. The van der Waals surface area contributed by atoms with Gasteiger partial charge in [-0.1, -0.05) is 39.3 Å². The van der Waals surface area contributed by atoms with Crippen LogP contribution in [0.4, 0.5) is 0 Å². The van der Waals surface area contributed by atoms with Gasteiger partial charge in [0, 0.05) is 5.57 Å². The van der Waals surface area contributed by atoms with Gasteiger partial charge in [-0.2, -0.15) is 0 Å². The van der Waals surface area contributed by atoms with Gasteiger partial charge in [0.05, 0.1) is 10.8 Å². The largest absolute Gasteiger partial charge is 0.511 e. The van der Waals surface area contributed by atoms with E-state index in [1.54, 1.807) is 27.7 Å². The number of rotatable bonds is 5. The fourth-order valence-electron chi connectivity index (χ4n) is 6.02. The summed E-state index contributed by atoms with van der Waals surface area (Å²) in [6.45, 7) is 16.0. The summed E-state index contributed by atoms with van der Waals surface area (Å²) in [7, 11) is 0. The third-order valence-electron chi connectivity index (χ3n) is 8.02. The molecule has 4 rings (SSSR count). The Morgan fingerprint density at radius 3 is 2.18 bits per heavy atom. The zero-order valence-electron chi connectivity index (χ0n) is 19.0. The van der Waals surface area contributed by atoms with Crippen LogP contribution in [0.1, 0.15) is 81.1 Å². The summed E-state index contributed by atoms with van der Waals surface area (Å²) in [6.07, 6.45) is 6.44. The first-order chi connectivity index (χ1) is 12.7. The van der Waals surface area contributed by atoms with Crippen LogP contribution in [0.15, 0.2) is 23.0 Å². The monoisotopic (exact) mass is 386 g/mol. The maximum absolute atomic E-state index is 13.4. The first-order valence-corrected chi connectivity index (χ1v) is 10.9. The van der Waals surface area contributed by atoms with Crippen molar-refractivity contribution >= 4 is 11.6 Å². The van der Waals surface area contributed by atoms with Gasteiger partial charge < -0.3 is 5.11 Å². The Balaban J connectivity index is 2.02. The van der Waals surface area contributed by atoms with Crippen molar-refractivity contribution in [3.8, 4) is 0 Å². The molecule has 156 valence electrons. The van der Waals surface area contributed by atoms with Crippen molar-refractivity contribution < 1.29 is 14.7 Å². The Labute approximate surface area is 170 Å². The van der Waals surface area contributed by atoms with Crippen molar-refractivity contribution in [3.05, 3.63) is 23.0 Å². The van der Waals surface area contributed by atoms with Gasteiger partial charge in [-0.25, -0.2) is 0 Å². The van der Waals surface area contributed by atoms with Crippen molar-refractivity contribution in [1.29, 1.82) is 0 Å². The molecule has 1 saturated carbocycles. The van der Waals surface area contributed by atoms with Crippen LogP contribution in [0.5, 0.6) is 0 Å². The molecule has 0 saturated heterocycles. The fourth-order valence-corrected chi connectivity index (χ4v) is 6.02. The van der Waals surface area contributed by atoms with E-state index in [-0.39, 0.29) is 23.2 Å².